The van der Waals surface area contributed by atoms with Gasteiger partial charge in [0.05, 0.1) is 23.5 Å². The van der Waals surface area contributed by atoms with E-state index in [0.717, 1.165) is 11.1 Å². The number of hydrogen-bond acceptors (Lipinski definition) is 4. The van der Waals surface area contributed by atoms with Crippen LogP contribution < -0.4 is 4.90 Å². The van der Waals surface area contributed by atoms with Crippen LogP contribution in [-0.4, -0.2) is 16.8 Å². The first-order chi connectivity index (χ1) is 13.4. The molecule has 3 aromatic rings. The molecule has 1 aliphatic rings. The van der Waals surface area contributed by atoms with E-state index in [1.165, 1.54) is 16.2 Å². The minimum absolute atomic E-state index is 0.228. The van der Waals surface area contributed by atoms with Crippen molar-refractivity contribution in [1.29, 1.82) is 0 Å². The third-order valence-electron chi connectivity index (χ3n) is 4.98. The first-order valence-corrected chi connectivity index (χ1v) is 10.1. The second-order valence-electron chi connectivity index (χ2n) is 6.94. The number of fused-ring (bicyclic) bond motifs is 1. The Bertz CT molecular complexity index is 1060. The SMILES string of the molecule is Cc1ccc(Cl)c(CN2C(=O)C(O)(CC(=O)c3cccs3)c3ccccc32)c1. The number of aliphatic hydroxyl groups is 1. The van der Waals surface area contributed by atoms with Crippen LogP contribution in [0.4, 0.5) is 5.69 Å². The van der Waals surface area contributed by atoms with E-state index >= 15 is 0 Å². The maximum atomic E-state index is 13.3. The topological polar surface area (TPSA) is 57.6 Å². The number of para-hydroxylation sites is 1. The fourth-order valence-electron chi connectivity index (χ4n) is 3.59. The number of anilines is 1. The van der Waals surface area contributed by atoms with Gasteiger partial charge in [0.15, 0.2) is 11.4 Å². The molecule has 1 aromatic heterocycles. The predicted molar refractivity (Wildman–Crippen MR) is 111 cm³/mol. The molecular weight excluding hydrogens is 394 g/mol. The van der Waals surface area contributed by atoms with E-state index in [0.29, 0.717) is 21.2 Å². The second kappa shape index (κ2) is 7.17. The summed E-state index contributed by atoms with van der Waals surface area (Å²) < 4.78 is 0. The summed E-state index contributed by atoms with van der Waals surface area (Å²) in [5.74, 6) is -0.757. The summed E-state index contributed by atoms with van der Waals surface area (Å²) in [5.41, 5.74) is 0.995. The zero-order valence-electron chi connectivity index (χ0n) is 15.2. The second-order valence-corrected chi connectivity index (χ2v) is 8.30. The molecule has 0 radical (unpaired) electrons. The summed E-state index contributed by atoms with van der Waals surface area (Å²) in [6, 6.07) is 16.2. The van der Waals surface area contributed by atoms with Crippen LogP contribution in [0.15, 0.2) is 60.0 Å². The van der Waals surface area contributed by atoms with Crippen molar-refractivity contribution in [3.05, 3.63) is 86.6 Å². The zero-order chi connectivity index (χ0) is 19.9. The van der Waals surface area contributed by atoms with Gasteiger partial charge in [-0.1, -0.05) is 53.6 Å². The summed E-state index contributed by atoms with van der Waals surface area (Å²) >= 11 is 7.62. The number of amides is 1. The third-order valence-corrected chi connectivity index (χ3v) is 6.26. The molecule has 6 heteroatoms. The van der Waals surface area contributed by atoms with E-state index in [-0.39, 0.29) is 18.7 Å². The quantitative estimate of drug-likeness (QED) is 0.618. The molecular formula is C22H18ClNO3S. The molecule has 1 atom stereocenters. The summed E-state index contributed by atoms with van der Waals surface area (Å²) in [5, 5.41) is 13.7. The molecule has 0 saturated carbocycles. The maximum Gasteiger partial charge on any atom is 0.264 e. The van der Waals surface area contributed by atoms with Crippen LogP contribution in [0.2, 0.25) is 5.02 Å². The van der Waals surface area contributed by atoms with Crippen LogP contribution >= 0.6 is 22.9 Å². The molecule has 1 N–H and O–H groups in total. The first-order valence-electron chi connectivity index (χ1n) is 8.86. The Hall–Kier alpha value is -2.47. The van der Waals surface area contributed by atoms with Gasteiger partial charge in [0.1, 0.15) is 0 Å². The Kier molecular flexibility index (Phi) is 4.83. The van der Waals surface area contributed by atoms with E-state index in [9.17, 15) is 14.7 Å². The minimum atomic E-state index is -1.88. The van der Waals surface area contributed by atoms with Crippen LogP contribution in [0.5, 0.6) is 0 Å². The molecule has 0 fully saturated rings. The van der Waals surface area contributed by atoms with E-state index < -0.39 is 11.5 Å². The van der Waals surface area contributed by atoms with Gasteiger partial charge in [-0.25, -0.2) is 0 Å². The largest absolute Gasteiger partial charge is 0.375 e. The number of hydrogen-bond donors (Lipinski definition) is 1. The number of halogens is 1. The average Bonchev–Trinajstić information content (AvgIpc) is 3.28. The summed E-state index contributed by atoms with van der Waals surface area (Å²) in [6.07, 6.45) is -0.290. The van der Waals surface area contributed by atoms with Crippen molar-refractivity contribution < 1.29 is 14.7 Å². The van der Waals surface area contributed by atoms with E-state index in [1.807, 2.05) is 25.1 Å². The zero-order valence-corrected chi connectivity index (χ0v) is 16.8. The van der Waals surface area contributed by atoms with Gasteiger partial charge >= 0.3 is 0 Å². The van der Waals surface area contributed by atoms with Crippen molar-refractivity contribution in [2.24, 2.45) is 0 Å². The highest BCUT2D eigenvalue weighted by Crippen LogP contribution is 2.44. The summed E-state index contributed by atoms with van der Waals surface area (Å²) in [4.78, 5) is 28.0. The van der Waals surface area contributed by atoms with Gasteiger partial charge in [-0.2, -0.15) is 0 Å². The van der Waals surface area contributed by atoms with Crippen molar-refractivity contribution in [2.75, 3.05) is 4.90 Å². The molecule has 1 unspecified atom stereocenters. The minimum Gasteiger partial charge on any atom is -0.375 e. The standard InChI is InChI=1S/C22H18ClNO3S/c1-14-8-9-17(23)15(11-14)13-24-18-6-3-2-5-16(18)22(27,21(24)26)12-19(25)20-7-4-10-28-20/h2-11,27H,12-13H2,1H3. The average molecular weight is 412 g/mol. The van der Waals surface area contributed by atoms with Crippen LogP contribution in [0.3, 0.4) is 0 Å². The van der Waals surface area contributed by atoms with Gasteiger partial charge in [-0.3, -0.25) is 9.59 Å². The highest BCUT2D eigenvalue weighted by molar-refractivity contribution is 7.12. The maximum absolute atomic E-state index is 13.3. The Labute approximate surface area is 172 Å². The lowest BCUT2D eigenvalue weighted by Crippen LogP contribution is -2.41. The molecule has 1 amide bonds. The lowest BCUT2D eigenvalue weighted by molar-refractivity contribution is -0.136. The van der Waals surface area contributed by atoms with Crippen molar-refractivity contribution in [2.45, 2.75) is 25.5 Å². The monoisotopic (exact) mass is 411 g/mol. The van der Waals surface area contributed by atoms with E-state index in [2.05, 4.69) is 0 Å². The fraction of sp³-hybridized carbons (Fsp3) is 0.182. The van der Waals surface area contributed by atoms with Gasteiger partial charge in [0, 0.05) is 10.6 Å². The van der Waals surface area contributed by atoms with Gasteiger partial charge in [-0.15, -0.1) is 11.3 Å². The van der Waals surface area contributed by atoms with Crippen LogP contribution in [0.1, 0.15) is 32.8 Å². The Balaban J connectivity index is 1.71. The Morgan fingerprint density at radius 1 is 1.18 bits per heavy atom. The van der Waals surface area contributed by atoms with Crippen molar-refractivity contribution in [3.63, 3.8) is 0 Å². The normalized spacial score (nSPS) is 18.4. The highest BCUT2D eigenvalue weighted by atomic mass is 35.5. The first kappa shape index (κ1) is 18.9. The van der Waals surface area contributed by atoms with Crippen molar-refractivity contribution >= 4 is 40.3 Å². The number of ketones is 1. The van der Waals surface area contributed by atoms with Crippen molar-refractivity contribution in [1.82, 2.24) is 0 Å². The summed E-state index contributed by atoms with van der Waals surface area (Å²) in [6.45, 7) is 2.18. The van der Waals surface area contributed by atoms with Crippen LogP contribution in [0.25, 0.3) is 0 Å². The molecule has 0 spiro atoms. The number of benzene rings is 2. The predicted octanol–water partition coefficient (Wildman–Crippen LogP) is 4.72. The number of rotatable bonds is 5. The highest BCUT2D eigenvalue weighted by Gasteiger charge is 2.50. The fourth-order valence-corrected chi connectivity index (χ4v) is 4.43. The van der Waals surface area contributed by atoms with Crippen LogP contribution in [0, 0.1) is 6.92 Å². The smallest absolute Gasteiger partial charge is 0.264 e. The Morgan fingerprint density at radius 3 is 2.71 bits per heavy atom. The van der Waals surface area contributed by atoms with E-state index in [4.69, 9.17) is 11.6 Å². The number of carbonyl (C=O) groups excluding carboxylic acids is 2. The van der Waals surface area contributed by atoms with E-state index in [1.54, 1.807) is 41.8 Å². The van der Waals surface area contributed by atoms with Gasteiger partial charge in [0.25, 0.3) is 5.91 Å². The van der Waals surface area contributed by atoms with Gasteiger partial charge in [0.2, 0.25) is 0 Å². The molecule has 0 saturated heterocycles. The molecule has 28 heavy (non-hydrogen) atoms. The lowest BCUT2D eigenvalue weighted by Gasteiger charge is -2.23. The van der Waals surface area contributed by atoms with Gasteiger partial charge < -0.3 is 10.0 Å². The number of Topliss-reactive ketones (excluding diaryl/α,β-unsaturated/α-hetero) is 1. The molecule has 4 rings (SSSR count). The molecule has 2 aromatic carbocycles. The number of thiophene rings is 1. The molecule has 142 valence electrons. The Morgan fingerprint density at radius 2 is 1.96 bits per heavy atom. The summed E-state index contributed by atoms with van der Waals surface area (Å²) in [7, 11) is 0. The molecule has 4 nitrogen and oxygen atoms in total. The third kappa shape index (κ3) is 3.15. The molecule has 0 aliphatic carbocycles. The van der Waals surface area contributed by atoms with Crippen LogP contribution in [-0.2, 0) is 16.9 Å². The molecule has 1 aliphatic heterocycles. The molecule has 2 heterocycles. The number of aryl methyl sites for hydroxylation is 1. The van der Waals surface area contributed by atoms with Gasteiger partial charge in [-0.05, 0) is 36.1 Å². The van der Waals surface area contributed by atoms with Crippen molar-refractivity contribution in [3.8, 4) is 0 Å². The molecule has 0 bridgehead atoms. The number of carbonyl (C=O) groups is 2. The lowest BCUT2D eigenvalue weighted by atomic mass is 9.89. The number of nitrogens with zero attached hydrogens (tertiary/aromatic N) is 1.